The van der Waals surface area contributed by atoms with Crippen LogP contribution in [0.3, 0.4) is 0 Å². The van der Waals surface area contributed by atoms with Crippen molar-refractivity contribution in [2.75, 3.05) is 45.8 Å². The number of hydrogen-bond acceptors (Lipinski definition) is 9. The number of carbonyl (C=O) groups is 1. The fourth-order valence-corrected chi connectivity index (χ4v) is 15.0. The van der Waals surface area contributed by atoms with Gasteiger partial charge in [-0.3, -0.25) is 9.78 Å². The molecule has 1 fully saturated rings. The molecule has 2 N–H and O–H groups in total. The van der Waals surface area contributed by atoms with E-state index in [0.29, 0.717) is 0 Å². The number of alkyl halides is 4. The molecule has 0 spiro atoms. The zero-order valence-electron chi connectivity index (χ0n) is 40.4. The lowest BCUT2D eigenvalue weighted by atomic mass is 9.57. The van der Waals surface area contributed by atoms with E-state index >= 15 is 18.0 Å². The molecule has 0 bridgehead atoms. The number of rotatable bonds is 9. The minimum Gasteiger partial charge on any atom is -0.366 e. The van der Waals surface area contributed by atoms with Crippen molar-refractivity contribution >= 4 is 17.5 Å². The lowest BCUT2D eigenvalue weighted by Crippen LogP contribution is -2.99. The molecule has 14 heteroatoms. The van der Waals surface area contributed by atoms with E-state index < -0.39 is 52.0 Å². The van der Waals surface area contributed by atoms with Gasteiger partial charge in [-0.25, -0.2) is 13.2 Å². The number of fused-ring (bicyclic) bond motifs is 6. The van der Waals surface area contributed by atoms with E-state index in [1.54, 1.807) is 20.9 Å². The molecule has 0 saturated carbocycles. The molecule has 3 atom stereocenters. The van der Waals surface area contributed by atoms with Crippen molar-refractivity contribution in [2.24, 2.45) is 5.73 Å². The number of allylic oxidation sites excluding steroid dienone is 19. The summed E-state index contributed by atoms with van der Waals surface area (Å²) in [6.45, 7) is -0.272. The van der Waals surface area contributed by atoms with Crippen LogP contribution in [-0.4, -0.2) is 119 Å². The van der Waals surface area contributed by atoms with Crippen molar-refractivity contribution in [3.8, 4) is 12.3 Å². The molecule has 1 aromatic heterocycles. The van der Waals surface area contributed by atoms with Crippen LogP contribution in [-0.2, 0) is 4.79 Å². The Hall–Kier alpha value is -8.18. The molecule has 8 heterocycles. The number of primary amides is 1. The summed E-state index contributed by atoms with van der Waals surface area (Å²) in [4.78, 5) is 29.2. The maximum Gasteiger partial charge on any atom is 0.306 e. The predicted octanol–water partition coefficient (Wildman–Crippen LogP) is 8.53. The van der Waals surface area contributed by atoms with Crippen LogP contribution in [0.5, 0.6) is 0 Å². The highest BCUT2D eigenvalue weighted by Crippen LogP contribution is 2.70. The van der Waals surface area contributed by atoms with E-state index in [2.05, 4.69) is 20.7 Å². The van der Waals surface area contributed by atoms with Crippen LogP contribution in [0.25, 0.3) is 0 Å². The minimum absolute atomic E-state index is 0.00164. The molecule has 10 nitrogen and oxygen atoms in total. The van der Waals surface area contributed by atoms with Crippen molar-refractivity contribution in [3.05, 3.63) is 266 Å². The normalized spacial score (nSPS) is 29.9. The van der Waals surface area contributed by atoms with Gasteiger partial charge in [-0.15, -0.1) is 6.42 Å². The third-order valence-corrected chi connectivity index (χ3v) is 17.9. The van der Waals surface area contributed by atoms with Gasteiger partial charge in [0.05, 0.1) is 19.0 Å². The molecule has 14 aliphatic rings. The molecule has 1 saturated heterocycles. The highest BCUT2D eigenvalue weighted by Gasteiger charge is 2.90. The predicted molar refractivity (Wildman–Crippen MR) is 282 cm³/mol. The first kappa shape index (κ1) is 44.3. The average molecular weight is 1010 g/mol. The van der Waals surface area contributed by atoms with Crippen LogP contribution < -0.4 is 5.73 Å². The monoisotopic (exact) mass is 1010 g/mol. The molecular formula is C61H47ClF3N9O. The molecule has 7 aliphatic carbocycles. The number of piperidine rings is 1. The molecule has 0 aromatic carbocycles. The van der Waals surface area contributed by atoms with E-state index in [1.165, 1.54) is 24.5 Å². The Morgan fingerprint density at radius 3 is 1.53 bits per heavy atom. The second-order valence-electron chi connectivity index (χ2n) is 21.0. The number of terminal acetylenes is 1. The van der Waals surface area contributed by atoms with Crippen molar-refractivity contribution in [2.45, 2.75) is 34.0 Å². The average Bonchev–Trinajstić information content (AvgIpc) is 4.18. The molecule has 370 valence electrons. The largest absolute Gasteiger partial charge is 0.366 e. The Labute approximate surface area is 437 Å². The topological polar surface area (TPSA) is 78.7 Å². The van der Waals surface area contributed by atoms with Crippen LogP contribution in [0.4, 0.5) is 13.2 Å². The summed E-state index contributed by atoms with van der Waals surface area (Å²) in [5, 5.41) is 0.429. The second kappa shape index (κ2) is 15.2. The van der Waals surface area contributed by atoms with Crippen LogP contribution in [0, 0.1) is 12.3 Å². The van der Waals surface area contributed by atoms with Crippen LogP contribution in [0.15, 0.2) is 255 Å². The fraction of sp³-hybridized carbons (Fsp3) is 0.213. The Kier molecular flexibility index (Phi) is 8.99. The van der Waals surface area contributed by atoms with Gasteiger partial charge < -0.3 is 35.2 Å². The van der Waals surface area contributed by atoms with E-state index in [-0.39, 0.29) is 56.0 Å². The number of nitrogens with zero attached hydrogens (tertiary/aromatic N) is 8. The summed E-state index contributed by atoms with van der Waals surface area (Å²) in [7, 11) is 0. The maximum atomic E-state index is 21.0. The summed E-state index contributed by atoms with van der Waals surface area (Å²) in [5.74, 6) is -5.75. The van der Waals surface area contributed by atoms with Crippen molar-refractivity contribution in [1.29, 1.82) is 0 Å². The molecule has 1 aromatic rings. The quantitative estimate of drug-likeness (QED) is 0.194. The van der Waals surface area contributed by atoms with E-state index in [9.17, 15) is 0 Å². The number of aromatic nitrogens is 1. The Bertz CT molecular complexity index is 3550. The number of nitrogens with two attached hydrogens (primary N) is 1. The number of amides is 1. The molecule has 7 aliphatic heterocycles. The van der Waals surface area contributed by atoms with Gasteiger partial charge in [0.15, 0.2) is 5.54 Å². The third kappa shape index (κ3) is 5.55. The van der Waals surface area contributed by atoms with Crippen LogP contribution in [0.1, 0.15) is 17.0 Å². The number of hydrogen-bond donors (Lipinski definition) is 1. The fourth-order valence-electron chi connectivity index (χ4n) is 14.6. The summed E-state index contributed by atoms with van der Waals surface area (Å²) in [6, 6.07) is 1.61. The lowest BCUT2D eigenvalue weighted by molar-refractivity contribution is -0.381. The Morgan fingerprint density at radius 1 is 0.627 bits per heavy atom. The standard InChI is InChI=1S/C61H47ClF3N9O/c1-2-39-25-67-24-23-52(39)54-22-21-53(56(66)75)55(58(54,62)65)59(68-26-40-9-3-10-41(40)27-68)60(69-28-42-11-4-12-43(42)29-69,70-30-44-13-5-14-45(44)31-70)57(63,64)38-74(73-36-50-19-8-20-51(50)37-73)61(59,71-32-46-15-6-16-47(46)33-71)72-34-48-17-7-18-49(48)35-72/h1,3-26,28,30,32,34,36,54H,27,29,31,33,35,37-38H2,(H2,66,75). The van der Waals surface area contributed by atoms with Crippen LogP contribution >= 0.6 is 11.6 Å². The van der Waals surface area contributed by atoms with Crippen molar-refractivity contribution in [1.82, 2.24) is 39.5 Å². The smallest absolute Gasteiger partial charge is 0.306 e. The highest BCUT2D eigenvalue weighted by molar-refractivity contribution is 6.27. The van der Waals surface area contributed by atoms with Gasteiger partial charge in [0.25, 0.3) is 0 Å². The van der Waals surface area contributed by atoms with Gasteiger partial charge in [0, 0.05) is 99.0 Å². The number of hydrazine groups is 1. The molecular weight excluding hydrogens is 967 g/mol. The Morgan fingerprint density at radius 2 is 1.07 bits per heavy atom. The minimum atomic E-state index is -3.90. The maximum absolute atomic E-state index is 21.0. The third-order valence-electron chi connectivity index (χ3n) is 17.5. The lowest BCUT2D eigenvalue weighted by Gasteiger charge is -2.77. The van der Waals surface area contributed by atoms with Gasteiger partial charge in [-0.1, -0.05) is 139 Å². The van der Waals surface area contributed by atoms with Gasteiger partial charge in [0.2, 0.25) is 22.5 Å². The van der Waals surface area contributed by atoms with Gasteiger partial charge >= 0.3 is 5.92 Å². The Balaban J connectivity index is 1.18. The van der Waals surface area contributed by atoms with E-state index in [4.69, 9.17) is 23.8 Å². The highest BCUT2D eigenvalue weighted by atomic mass is 35.5. The van der Waals surface area contributed by atoms with Gasteiger partial charge in [-0.2, -0.15) is 5.01 Å². The van der Waals surface area contributed by atoms with Gasteiger partial charge in [0.1, 0.15) is 0 Å². The number of carbonyl (C=O) groups excluding carboxylic acids is 1. The number of pyridine rings is 1. The first-order chi connectivity index (χ1) is 36.4. The number of halogens is 4. The first-order valence-corrected chi connectivity index (χ1v) is 25.6. The summed E-state index contributed by atoms with van der Waals surface area (Å²) in [6.07, 6.45) is 59.3. The van der Waals surface area contributed by atoms with E-state index in [1.807, 2.05) is 156 Å². The second-order valence-corrected chi connectivity index (χ2v) is 21.6. The summed E-state index contributed by atoms with van der Waals surface area (Å²) < 4.78 is 63.0. The van der Waals surface area contributed by atoms with Crippen LogP contribution in [0.2, 0.25) is 0 Å². The molecule has 0 radical (unpaired) electrons. The summed E-state index contributed by atoms with van der Waals surface area (Å²) >= 11 is 8.19. The molecule has 3 unspecified atom stereocenters. The molecule has 1 amide bonds. The zero-order valence-corrected chi connectivity index (χ0v) is 41.2. The van der Waals surface area contributed by atoms with E-state index in [0.717, 1.165) is 66.9 Å². The van der Waals surface area contributed by atoms with Crippen molar-refractivity contribution in [3.63, 3.8) is 0 Å². The molecule has 15 rings (SSSR count). The zero-order chi connectivity index (χ0) is 50.8. The SMILES string of the molecule is C#Cc1cnccc1C1C=CC(C(N)=O)=C(C2(N3C=C4C=CC=C4C3)C(N3C=C4C=CC=C4C3)(N3C=C4C=CC=C4C3)N(N3C=C4C=CC=C4C3)CC(F)(F)C2(N2C=C3C=CC=C3C2)N2C=C3C=CC=C3C2)C1(F)Cl. The molecule has 75 heavy (non-hydrogen) atoms. The van der Waals surface area contributed by atoms with Crippen molar-refractivity contribution < 1.29 is 18.0 Å². The van der Waals surface area contributed by atoms with Gasteiger partial charge in [-0.05, 0) is 78.5 Å². The first-order valence-electron chi connectivity index (χ1n) is 25.2. The summed E-state index contributed by atoms with van der Waals surface area (Å²) in [5.41, 5.74) is 11.4.